The number of esters is 1. The number of hydrogen-bond acceptors (Lipinski definition) is 13. The highest BCUT2D eigenvalue weighted by Gasteiger charge is 2.64. The quantitative estimate of drug-likeness (QED) is 0.0737. The van der Waals surface area contributed by atoms with Gasteiger partial charge in [0.2, 0.25) is 23.6 Å². The number of hydrogen-bond donors (Lipinski definition) is 2. The number of amides is 5. The van der Waals surface area contributed by atoms with Crippen LogP contribution in [0, 0.1) is 11.8 Å². The summed E-state index contributed by atoms with van der Waals surface area (Å²) in [6.45, 7) is 14.8. The molecule has 3 fully saturated rings. The van der Waals surface area contributed by atoms with Crippen LogP contribution in [0.4, 0.5) is 10.5 Å². The van der Waals surface area contributed by atoms with Crippen LogP contribution in [0.5, 0.6) is 5.75 Å². The number of halogens is 1. The van der Waals surface area contributed by atoms with Crippen molar-refractivity contribution < 1.29 is 57.6 Å². The predicted molar refractivity (Wildman–Crippen MR) is 259 cm³/mol. The van der Waals surface area contributed by atoms with E-state index < -0.39 is 75.5 Å². The number of methoxy groups -OCH3 is 1. The molecule has 1 aromatic rings. The van der Waals surface area contributed by atoms with Gasteiger partial charge in [0, 0.05) is 69.3 Å². The van der Waals surface area contributed by atoms with E-state index in [1.54, 1.807) is 39.1 Å². The molecule has 0 spiro atoms. The van der Waals surface area contributed by atoms with Gasteiger partial charge < -0.3 is 33.9 Å². The Hall–Kier alpha value is -4.45. The zero-order valence-corrected chi connectivity index (χ0v) is 43.1. The van der Waals surface area contributed by atoms with Crippen molar-refractivity contribution in [3.05, 3.63) is 46.5 Å². The van der Waals surface area contributed by atoms with E-state index in [9.17, 15) is 38.7 Å². The average Bonchev–Trinajstić information content (AvgIpc) is 3.91. The fourth-order valence-corrected chi connectivity index (χ4v) is 10.8. The summed E-state index contributed by atoms with van der Waals surface area (Å²) in [4.78, 5) is 96.9. The van der Waals surface area contributed by atoms with E-state index in [0.29, 0.717) is 50.1 Å². The van der Waals surface area contributed by atoms with Gasteiger partial charge in [-0.05, 0) is 64.2 Å². The number of epoxide rings is 1. The Balaban J connectivity index is 1.30. The number of carbonyl (C=O) groups excluding carboxylic acids is 7. The van der Waals surface area contributed by atoms with Gasteiger partial charge in [-0.1, -0.05) is 76.4 Å². The Morgan fingerprint density at radius 1 is 1.09 bits per heavy atom. The Bertz CT molecular complexity index is 2170. The maximum absolute atomic E-state index is 14.3. The smallest absolute Gasteiger partial charge is 0.409 e. The second-order valence-electron chi connectivity index (χ2n) is 19.7. The lowest BCUT2D eigenvalue weighted by atomic mass is 9.82. The summed E-state index contributed by atoms with van der Waals surface area (Å²) in [6, 6.07) is 2.50. The highest BCUT2D eigenvalue weighted by atomic mass is 35.5. The van der Waals surface area contributed by atoms with E-state index in [4.69, 9.17) is 30.5 Å². The first-order valence-corrected chi connectivity index (χ1v) is 25.0. The number of allylic oxidation sites excluding steroid dienone is 3. The molecule has 9 atom stereocenters. The lowest BCUT2D eigenvalue weighted by molar-refractivity contribution is -0.162. The molecule has 0 aliphatic carbocycles. The molecule has 4 aliphatic heterocycles. The molecule has 1 aromatic carbocycles. The zero-order chi connectivity index (χ0) is 50.5. The molecule has 68 heavy (non-hydrogen) atoms. The number of nitrogens with zero attached hydrogens (tertiary/aromatic N) is 3. The van der Waals surface area contributed by atoms with Crippen LogP contribution in [0.25, 0.3) is 0 Å². The predicted octanol–water partition coefficient (Wildman–Crippen LogP) is 7.09. The molecule has 16 nitrogen and oxygen atoms in total. The number of likely N-dealkylation sites (tertiary alicyclic amines) is 1. The van der Waals surface area contributed by atoms with Gasteiger partial charge in [0.05, 0.1) is 30.6 Å². The van der Waals surface area contributed by atoms with E-state index >= 15 is 0 Å². The second kappa shape index (κ2) is 22.5. The second-order valence-corrected chi connectivity index (χ2v) is 22.0. The van der Waals surface area contributed by atoms with Crippen molar-refractivity contribution in [1.29, 1.82) is 0 Å². The highest BCUT2D eigenvalue weighted by Crippen LogP contribution is 2.49. The van der Waals surface area contributed by atoms with Crippen molar-refractivity contribution >= 4 is 70.5 Å². The fourth-order valence-electron chi connectivity index (χ4n) is 9.08. The Kier molecular flexibility index (Phi) is 18.1. The van der Waals surface area contributed by atoms with Gasteiger partial charge in [0.25, 0.3) is 0 Å². The van der Waals surface area contributed by atoms with E-state index in [1.165, 1.54) is 47.5 Å². The largest absolute Gasteiger partial charge is 0.495 e. The fraction of sp³-hybridized carbons (Fsp3) is 0.660. The molecule has 5 rings (SSSR count). The summed E-state index contributed by atoms with van der Waals surface area (Å²) in [5.41, 5.74) is -0.781. The molecule has 1 unspecified atom stereocenters. The SMILES string of the molecule is CCC(=O)CCCCCN1C(=O)CC(SC(C)(C)CCC(=O)N(C)[C@@H](C)C(=O)O[C@H]2CC(=O)N(C)c3cc(cc(OC)c3Cl)C/C(C)=C/C=C/[C@@H](C)[C@@]3(O)C[C@H](OC(=O)N3)[C@@H](C)[C@@H]3O[C@@]23C)C1=O. The molecule has 3 saturated heterocycles. The number of fused-ring (bicyclic) bond motifs is 5. The maximum Gasteiger partial charge on any atom is 0.409 e. The van der Waals surface area contributed by atoms with Crippen LogP contribution in [-0.2, 0) is 49.4 Å². The minimum absolute atomic E-state index is 0.0250. The van der Waals surface area contributed by atoms with Crippen LogP contribution < -0.4 is 15.0 Å². The van der Waals surface area contributed by atoms with E-state index in [0.717, 1.165) is 24.0 Å². The first-order chi connectivity index (χ1) is 31.8. The normalized spacial score (nSPS) is 29.5. The number of rotatable bonds is 16. The number of Topliss-reactive ketones (excluding diaryl/α,β-unsaturated/α-hetero) is 1. The first kappa shape index (κ1) is 54.5. The molecule has 0 radical (unpaired) electrons. The number of carbonyl (C=O) groups is 7. The van der Waals surface area contributed by atoms with Crippen LogP contribution >= 0.6 is 23.4 Å². The van der Waals surface area contributed by atoms with Gasteiger partial charge in [-0.15, -0.1) is 11.8 Å². The molecule has 4 aliphatic rings. The lowest BCUT2D eigenvalue weighted by Gasteiger charge is -2.41. The van der Waals surface area contributed by atoms with Crippen LogP contribution in [0.1, 0.15) is 125 Å². The molecule has 0 saturated carbocycles. The number of benzene rings is 1. The van der Waals surface area contributed by atoms with E-state index in [2.05, 4.69) is 5.32 Å². The van der Waals surface area contributed by atoms with Crippen molar-refractivity contribution in [2.75, 3.05) is 32.6 Å². The van der Waals surface area contributed by atoms with E-state index in [1.807, 2.05) is 46.8 Å². The summed E-state index contributed by atoms with van der Waals surface area (Å²) in [5, 5.41) is 14.0. The number of alkyl carbamates (subject to hydrolysis) is 1. The van der Waals surface area contributed by atoms with Crippen molar-refractivity contribution in [2.45, 2.75) is 172 Å². The summed E-state index contributed by atoms with van der Waals surface area (Å²) in [5.74, 6) is -2.56. The molecule has 4 heterocycles. The maximum atomic E-state index is 14.3. The number of unbranched alkanes of at least 4 members (excludes halogenated alkanes) is 2. The van der Waals surface area contributed by atoms with Gasteiger partial charge in [-0.2, -0.15) is 0 Å². The van der Waals surface area contributed by atoms with Gasteiger partial charge in [-0.3, -0.25) is 34.2 Å². The Morgan fingerprint density at radius 3 is 2.47 bits per heavy atom. The van der Waals surface area contributed by atoms with Crippen LogP contribution in [-0.4, -0.2) is 130 Å². The molecular weight excluding hydrogens is 916 g/mol. The van der Waals surface area contributed by atoms with E-state index in [-0.39, 0.29) is 54.2 Å². The van der Waals surface area contributed by atoms with Crippen molar-refractivity contribution in [1.82, 2.24) is 15.1 Å². The van der Waals surface area contributed by atoms with Crippen molar-refractivity contribution in [2.24, 2.45) is 11.8 Å². The van der Waals surface area contributed by atoms with Crippen LogP contribution in [0.3, 0.4) is 0 Å². The number of nitrogens with one attached hydrogen (secondary N) is 1. The summed E-state index contributed by atoms with van der Waals surface area (Å²) < 4.78 is 23.3. The number of imide groups is 1. The highest BCUT2D eigenvalue weighted by molar-refractivity contribution is 8.02. The number of ether oxygens (including phenoxy) is 4. The minimum atomic E-state index is -1.66. The molecule has 5 amide bonds. The van der Waals surface area contributed by atoms with Crippen LogP contribution in [0.15, 0.2) is 35.9 Å². The molecule has 0 aromatic heterocycles. The third-order valence-electron chi connectivity index (χ3n) is 14.0. The number of thioether (sulfide) groups is 1. The molecule has 376 valence electrons. The third kappa shape index (κ3) is 13.0. The number of aliphatic hydroxyl groups is 1. The van der Waals surface area contributed by atoms with Crippen molar-refractivity contribution in [3.63, 3.8) is 0 Å². The molecular formula is C50H71ClN4O12S. The third-order valence-corrected chi connectivity index (χ3v) is 15.9. The van der Waals surface area contributed by atoms with Crippen molar-refractivity contribution in [3.8, 4) is 5.75 Å². The monoisotopic (exact) mass is 986 g/mol. The molecule has 2 N–H and O–H groups in total. The summed E-state index contributed by atoms with van der Waals surface area (Å²) in [6.07, 6.45) is 5.75. The standard InChI is InChI=1S/C50H71ClN4O12S/c1-12-34(56)19-14-13-15-22-55-42(59)26-38(45(55)60)68-48(6,7)21-20-40(57)53(9)32(5)46(61)66-39-27-41(58)54(10)35-24-33(25-36(64-11)43(35)51)23-29(2)17-16-18-30(3)50(63)28-37(65-47(62)52-50)31(4)44-49(39,8)67-44/h16-18,24-25,30-32,37-39,44,63H,12-15,19-23,26-28H2,1-11H3,(H,52,62)/b18-16+,29-17+/t30-,31-,32+,37+,38?,39+,44+,49+,50+/m1/s1. The number of likely N-dealkylation sites (N-methyl/N-ethyl adjacent to an activating group) is 1. The Morgan fingerprint density at radius 2 is 1.79 bits per heavy atom. The Labute approximate surface area is 410 Å². The van der Waals surface area contributed by atoms with Gasteiger partial charge in [0.15, 0.2) is 0 Å². The van der Waals surface area contributed by atoms with Gasteiger partial charge in [0.1, 0.15) is 46.1 Å². The minimum Gasteiger partial charge on any atom is -0.495 e. The first-order valence-electron chi connectivity index (χ1n) is 23.7. The average molecular weight is 988 g/mol. The van der Waals surface area contributed by atoms with Gasteiger partial charge >= 0.3 is 12.1 Å². The van der Waals surface area contributed by atoms with Crippen LogP contribution in [0.2, 0.25) is 5.02 Å². The summed E-state index contributed by atoms with van der Waals surface area (Å²) >= 11 is 8.18. The van der Waals surface area contributed by atoms with Gasteiger partial charge in [-0.25, -0.2) is 9.59 Å². The number of anilines is 1. The molecule has 4 bridgehead atoms. The zero-order valence-electron chi connectivity index (χ0n) is 41.5. The number of ketones is 1. The summed E-state index contributed by atoms with van der Waals surface area (Å²) in [7, 11) is 4.55. The topological polar surface area (TPSA) is 202 Å². The molecule has 18 heteroatoms. The lowest BCUT2D eigenvalue weighted by Crippen LogP contribution is -2.60.